The molecule has 0 spiro atoms. The Labute approximate surface area is 402 Å². The first-order valence-corrected chi connectivity index (χ1v) is 23.6. The van der Waals surface area contributed by atoms with Crippen molar-refractivity contribution in [2.45, 2.75) is 86.0 Å². The van der Waals surface area contributed by atoms with Crippen molar-refractivity contribution >= 4 is 63.7 Å². The molecule has 3 heterocycles. The van der Waals surface area contributed by atoms with E-state index in [2.05, 4.69) is 21.7 Å². The van der Waals surface area contributed by atoms with Gasteiger partial charge in [-0.1, -0.05) is 76.2 Å². The van der Waals surface area contributed by atoms with Crippen molar-refractivity contribution in [1.82, 2.24) is 20.5 Å². The van der Waals surface area contributed by atoms with Crippen molar-refractivity contribution < 1.29 is 28.7 Å². The normalized spacial score (nSPS) is 17.3. The van der Waals surface area contributed by atoms with Crippen molar-refractivity contribution in [1.29, 1.82) is 5.26 Å². The van der Waals surface area contributed by atoms with Crippen molar-refractivity contribution in [2.75, 3.05) is 36.2 Å². The molecule has 5 aromatic rings. The van der Waals surface area contributed by atoms with Gasteiger partial charge >= 0.3 is 0 Å². The number of thiazole rings is 1. The zero-order chi connectivity index (χ0) is 48.2. The maximum atomic E-state index is 14.1. The second-order valence-corrected chi connectivity index (χ2v) is 20.0. The highest BCUT2D eigenvalue weighted by molar-refractivity contribution is 7.81. The van der Waals surface area contributed by atoms with Crippen molar-refractivity contribution in [3.63, 3.8) is 0 Å². The van der Waals surface area contributed by atoms with Gasteiger partial charge in [-0.25, -0.2) is 4.98 Å². The lowest BCUT2D eigenvalue weighted by molar-refractivity contribution is -0.144. The predicted octanol–water partition coefficient (Wildman–Crippen LogP) is 8.36. The van der Waals surface area contributed by atoms with E-state index in [9.17, 15) is 24.4 Å². The number of carbonyl (C=O) groups is 4. The number of nitrogens with one attached hydrogen (secondary N) is 2. The molecule has 2 aliphatic heterocycles. The maximum Gasteiger partial charge on any atom is 0.259 e. The third-order valence-electron chi connectivity index (χ3n) is 12.2. The maximum absolute atomic E-state index is 14.1. The molecule has 67 heavy (non-hydrogen) atoms. The molecule has 15 heteroatoms. The monoisotopic (exact) mass is 939 g/mol. The molecule has 2 N–H and O–H groups in total. The number of likely N-dealkylation sites (tertiary alicyclic amines) is 1. The SMILES string of the molecule is Cc1cc(N2C(=O)C(C)(C)N(c3ccc(-c4ccc(OCCOCC(=O)N[C@H](C(=O)N5C[C@H](C)C[C@H]5C(=O)NCc5ccc(-c6scnc6C)cc5)C(C)(C)C)cc4)cc3)C2=S)ccc1C#N. The minimum absolute atomic E-state index is 0.116. The van der Waals surface area contributed by atoms with Crippen molar-refractivity contribution in [3.05, 3.63) is 119 Å². The Morgan fingerprint density at radius 1 is 0.940 bits per heavy atom. The molecule has 0 aliphatic carbocycles. The van der Waals surface area contributed by atoms with Gasteiger partial charge in [0.25, 0.3) is 5.91 Å². The number of nitrogens with zero attached hydrogens (tertiary/aromatic N) is 5. The average molecular weight is 940 g/mol. The molecule has 4 aromatic carbocycles. The summed E-state index contributed by atoms with van der Waals surface area (Å²) in [4.78, 5) is 65.0. The fourth-order valence-corrected chi connectivity index (χ4v) is 9.85. The second kappa shape index (κ2) is 20.2. The third-order valence-corrected chi connectivity index (χ3v) is 13.6. The van der Waals surface area contributed by atoms with Gasteiger partial charge in [-0.3, -0.25) is 24.1 Å². The molecule has 0 unspecified atom stereocenters. The van der Waals surface area contributed by atoms with Gasteiger partial charge in [-0.2, -0.15) is 5.26 Å². The van der Waals surface area contributed by atoms with Gasteiger partial charge in [0.05, 0.1) is 40.0 Å². The van der Waals surface area contributed by atoms with E-state index in [1.54, 1.807) is 28.4 Å². The summed E-state index contributed by atoms with van der Waals surface area (Å²) in [6.07, 6.45) is 0.532. The summed E-state index contributed by atoms with van der Waals surface area (Å²) in [7, 11) is 0. The molecule has 2 saturated heterocycles. The average Bonchev–Trinajstić information content (AvgIpc) is 3.96. The molecule has 348 valence electrons. The number of benzene rings is 4. The molecule has 2 aliphatic rings. The standard InChI is InChI=1S/C52H57N7O6S2/c1-32-25-43(47(61)54-28-35-9-11-38(12-10-35)45-34(3)55-31-67-45)57(29-32)48(62)46(51(4,5)6)56-44(60)30-64-23-24-65-42-21-16-37(17-22-42)36-13-18-40(19-14-36)59-50(66)58(49(63)52(59,7)8)41-20-15-39(27-53)33(2)26-41/h9-22,26,31-32,43,46H,23-25,28-30H2,1-8H3,(H,54,61)(H,56,60)/t32-,43+,46-/m1/s1. The van der Waals surface area contributed by atoms with E-state index in [1.807, 2.05) is 145 Å². The molecular weight excluding hydrogens is 883 g/mol. The molecule has 1 aromatic heterocycles. The largest absolute Gasteiger partial charge is 0.491 e. The van der Waals surface area contributed by atoms with Crippen LogP contribution in [0, 0.1) is 36.5 Å². The first-order valence-electron chi connectivity index (χ1n) is 22.3. The van der Waals surface area contributed by atoms with Crippen LogP contribution in [-0.2, 0) is 30.5 Å². The summed E-state index contributed by atoms with van der Waals surface area (Å²) in [6.45, 7) is 16.0. The van der Waals surface area contributed by atoms with E-state index in [-0.39, 0.29) is 43.5 Å². The Bertz CT molecular complexity index is 2690. The minimum atomic E-state index is -0.934. The van der Waals surface area contributed by atoms with Gasteiger partial charge < -0.3 is 29.9 Å². The van der Waals surface area contributed by atoms with Crippen molar-refractivity contribution in [3.8, 4) is 33.4 Å². The van der Waals surface area contributed by atoms with Crippen LogP contribution in [-0.4, -0.2) is 82.6 Å². The Morgan fingerprint density at radius 2 is 1.58 bits per heavy atom. The van der Waals surface area contributed by atoms with Crippen LogP contribution in [0.1, 0.15) is 70.3 Å². The highest BCUT2D eigenvalue weighted by Gasteiger charge is 2.50. The predicted molar refractivity (Wildman–Crippen MR) is 266 cm³/mol. The van der Waals surface area contributed by atoms with Crippen LogP contribution in [0.4, 0.5) is 11.4 Å². The van der Waals surface area contributed by atoms with E-state index >= 15 is 0 Å². The zero-order valence-electron chi connectivity index (χ0n) is 39.2. The van der Waals surface area contributed by atoms with Crippen LogP contribution in [0.2, 0.25) is 0 Å². The lowest BCUT2D eigenvalue weighted by Crippen LogP contribution is -2.58. The van der Waals surface area contributed by atoms with E-state index < -0.39 is 28.9 Å². The van der Waals surface area contributed by atoms with Crippen molar-refractivity contribution in [2.24, 2.45) is 11.3 Å². The minimum Gasteiger partial charge on any atom is -0.491 e. The van der Waals surface area contributed by atoms with Crippen LogP contribution >= 0.6 is 23.6 Å². The number of anilines is 2. The van der Waals surface area contributed by atoms with Gasteiger partial charge in [0.2, 0.25) is 17.7 Å². The number of aromatic nitrogens is 1. The zero-order valence-corrected chi connectivity index (χ0v) is 40.8. The summed E-state index contributed by atoms with van der Waals surface area (Å²) >= 11 is 7.45. The summed E-state index contributed by atoms with van der Waals surface area (Å²) < 4.78 is 11.6. The van der Waals surface area contributed by atoms with Crippen LogP contribution in [0.5, 0.6) is 5.75 Å². The summed E-state index contributed by atoms with van der Waals surface area (Å²) in [5.41, 5.74) is 7.91. The Kier molecular flexibility index (Phi) is 14.6. The first kappa shape index (κ1) is 48.5. The fraction of sp³-hybridized carbons (Fsp3) is 0.365. The first-order chi connectivity index (χ1) is 31.9. The lowest BCUT2D eigenvalue weighted by Gasteiger charge is -2.35. The number of hydrogen-bond acceptors (Lipinski definition) is 10. The molecule has 0 saturated carbocycles. The summed E-state index contributed by atoms with van der Waals surface area (Å²) in [5, 5.41) is 15.7. The topological polar surface area (TPSA) is 157 Å². The number of hydrogen-bond donors (Lipinski definition) is 2. The molecular formula is C52H57N7O6S2. The van der Waals surface area contributed by atoms with E-state index in [1.165, 1.54) is 4.90 Å². The second-order valence-electron chi connectivity index (χ2n) is 18.8. The molecule has 2 fully saturated rings. The van der Waals surface area contributed by atoms with Crippen LogP contribution in [0.15, 0.2) is 96.5 Å². The lowest BCUT2D eigenvalue weighted by atomic mass is 9.85. The van der Waals surface area contributed by atoms with Gasteiger partial charge in [-0.15, -0.1) is 11.3 Å². The quantitative estimate of drug-likeness (QED) is 0.0773. The highest BCUT2D eigenvalue weighted by atomic mass is 32.1. The van der Waals surface area contributed by atoms with Crippen LogP contribution in [0.25, 0.3) is 21.6 Å². The molecule has 13 nitrogen and oxygen atoms in total. The molecule has 4 amide bonds. The Morgan fingerprint density at radius 3 is 2.19 bits per heavy atom. The van der Waals surface area contributed by atoms with Gasteiger partial charge in [0.15, 0.2) is 5.11 Å². The van der Waals surface area contributed by atoms with Gasteiger partial charge in [0, 0.05) is 18.8 Å². The summed E-state index contributed by atoms with van der Waals surface area (Å²) in [6, 6.07) is 29.4. The van der Waals surface area contributed by atoms with E-state index in [0.717, 1.165) is 44.1 Å². The Hall–Kier alpha value is -6.47. The number of carbonyl (C=O) groups excluding carboxylic acids is 4. The van der Waals surface area contributed by atoms with Gasteiger partial charge in [-0.05, 0) is 128 Å². The third kappa shape index (κ3) is 10.7. The number of ether oxygens (including phenoxy) is 2. The Balaban J connectivity index is 0.871. The van der Waals surface area contributed by atoms with Crippen LogP contribution < -0.4 is 25.2 Å². The molecule has 7 rings (SSSR count). The van der Waals surface area contributed by atoms with E-state index in [4.69, 9.17) is 21.7 Å². The number of thiocarbonyl (C=S) groups is 1. The smallest absolute Gasteiger partial charge is 0.259 e. The van der Waals surface area contributed by atoms with E-state index in [0.29, 0.717) is 41.6 Å². The highest BCUT2D eigenvalue weighted by Crippen LogP contribution is 2.38. The van der Waals surface area contributed by atoms with Gasteiger partial charge in [0.1, 0.15) is 36.6 Å². The number of nitriles is 1. The number of rotatable bonds is 15. The molecule has 3 atom stereocenters. The number of aryl methyl sites for hydroxylation is 2. The number of amides is 4. The fourth-order valence-electron chi connectivity index (χ4n) is 8.51. The molecule has 0 bridgehead atoms. The summed E-state index contributed by atoms with van der Waals surface area (Å²) in [5.74, 6) is -0.358. The van der Waals surface area contributed by atoms with Crippen LogP contribution in [0.3, 0.4) is 0 Å². The molecule has 0 radical (unpaired) electrons.